The summed E-state index contributed by atoms with van der Waals surface area (Å²) in [6.07, 6.45) is 0.835. The molecule has 0 unspecified atom stereocenters. The average Bonchev–Trinajstić information content (AvgIpc) is 3.25. The van der Waals surface area contributed by atoms with Crippen LogP contribution in [0.3, 0.4) is 0 Å². The van der Waals surface area contributed by atoms with Gasteiger partial charge in [0.2, 0.25) is 5.91 Å². The van der Waals surface area contributed by atoms with Crippen molar-refractivity contribution in [1.82, 2.24) is 5.32 Å². The molecule has 3 aromatic rings. The third-order valence-electron chi connectivity index (χ3n) is 3.34. The van der Waals surface area contributed by atoms with E-state index < -0.39 is 0 Å². The summed E-state index contributed by atoms with van der Waals surface area (Å²) in [7, 11) is 0. The summed E-state index contributed by atoms with van der Waals surface area (Å²) in [6, 6.07) is 12.6. The van der Waals surface area contributed by atoms with Crippen LogP contribution < -0.4 is 5.32 Å². The third kappa shape index (κ3) is 4.93. The van der Waals surface area contributed by atoms with Gasteiger partial charge in [0.05, 0.1) is 5.75 Å². The molecule has 1 amide bonds. The second-order valence-electron chi connectivity index (χ2n) is 5.12. The van der Waals surface area contributed by atoms with Crippen molar-refractivity contribution >= 4 is 40.3 Å². The largest absolute Gasteiger partial charge is 0.355 e. The number of carbonyl (C=O) groups excluding carboxylic acids is 1. The zero-order chi connectivity index (χ0) is 16.8. The van der Waals surface area contributed by atoms with E-state index in [9.17, 15) is 9.18 Å². The highest BCUT2D eigenvalue weighted by atomic mass is 32.2. The molecule has 2 aromatic heterocycles. The molecule has 0 aliphatic rings. The van der Waals surface area contributed by atoms with E-state index in [0.29, 0.717) is 12.3 Å². The van der Waals surface area contributed by atoms with Crippen LogP contribution in [-0.4, -0.2) is 18.2 Å². The SMILES string of the molecule is O=C(CSc1ccc(F)cc1)NCCc1ccc(-c2ccsc2)s1. The van der Waals surface area contributed by atoms with Crippen LogP contribution in [0.5, 0.6) is 0 Å². The fraction of sp³-hybridized carbons (Fsp3) is 0.167. The van der Waals surface area contributed by atoms with Crippen LogP contribution in [0.15, 0.2) is 58.1 Å². The van der Waals surface area contributed by atoms with Crippen molar-refractivity contribution in [3.05, 3.63) is 63.9 Å². The minimum Gasteiger partial charge on any atom is -0.355 e. The van der Waals surface area contributed by atoms with Crippen LogP contribution in [0.1, 0.15) is 4.88 Å². The van der Waals surface area contributed by atoms with Crippen LogP contribution in [0.25, 0.3) is 10.4 Å². The minimum absolute atomic E-state index is 0.000982. The lowest BCUT2D eigenvalue weighted by atomic mass is 10.3. The van der Waals surface area contributed by atoms with E-state index in [1.165, 1.54) is 39.2 Å². The van der Waals surface area contributed by atoms with Crippen molar-refractivity contribution in [2.45, 2.75) is 11.3 Å². The summed E-state index contributed by atoms with van der Waals surface area (Å²) in [6.45, 7) is 0.631. The Balaban J connectivity index is 1.40. The highest BCUT2D eigenvalue weighted by molar-refractivity contribution is 8.00. The number of hydrogen-bond donors (Lipinski definition) is 1. The lowest BCUT2D eigenvalue weighted by molar-refractivity contribution is -0.118. The molecule has 1 aromatic carbocycles. The van der Waals surface area contributed by atoms with Gasteiger partial charge in [-0.15, -0.1) is 23.1 Å². The van der Waals surface area contributed by atoms with Crippen LogP contribution in [0, 0.1) is 5.82 Å². The molecular formula is C18H16FNOS3. The van der Waals surface area contributed by atoms with E-state index in [-0.39, 0.29) is 11.7 Å². The monoisotopic (exact) mass is 377 g/mol. The Morgan fingerprint density at radius 1 is 1.12 bits per heavy atom. The predicted octanol–water partition coefficient (Wildman–Crippen LogP) is 5.07. The zero-order valence-electron chi connectivity index (χ0n) is 12.8. The number of benzene rings is 1. The van der Waals surface area contributed by atoms with Gasteiger partial charge in [0.25, 0.3) is 0 Å². The van der Waals surface area contributed by atoms with Gasteiger partial charge in [-0.3, -0.25) is 4.79 Å². The molecule has 124 valence electrons. The van der Waals surface area contributed by atoms with Gasteiger partial charge in [-0.2, -0.15) is 11.3 Å². The van der Waals surface area contributed by atoms with Gasteiger partial charge in [0.15, 0.2) is 0 Å². The van der Waals surface area contributed by atoms with E-state index in [2.05, 4.69) is 34.3 Å². The Bertz CT molecular complexity index is 781. The van der Waals surface area contributed by atoms with Crippen LogP contribution in [0.4, 0.5) is 4.39 Å². The van der Waals surface area contributed by atoms with Gasteiger partial charge in [-0.05, 0) is 59.6 Å². The van der Waals surface area contributed by atoms with Crippen LogP contribution in [0.2, 0.25) is 0 Å². The quantitative estimate of drug-likeness (QED) is 0.583. The van der Waals surface area contributed by atoms with Gasteiger partial charge in [-0.25, -0.2) is 4.39 Å². The Kier molecular flexibility index (Phi) is 6.07. The number of amides is 1. The minimum atomic E-state index is -0.262. The smallest absolute Gasteiger partial charge is 0.230 e. The van der Waals surface area contributed by atoms with E-state index in [1.807, 2.05) is 0 Å². The number of halogens is 1. The molecule has 24 heavy (non-hydrogen) atoms. The fourth-order valence-electron chi connectivity index (χ4n) is 2.13. The maximum atomic E-state index is 12.8. The first-order chi connectivity index (χ1) is 11.7. The third-order valence-corrected chi connectivity index (χ3v) is 6.23. The van der Waals surface area contributed by atoms with E-state index >= 15 is 0 Å². The van der Waals surface area contributed by atoms with Gasteiger partial charge < -0.3 is 5.32 Å². The molecule has 2 heterocycles. The molecule has 0 spiro atoms. The first kappa shape index (κ1) is 17.2. The Morgan fingerprint density at radius 2 is 1.96 bits per heavy atom. The summed E-state index contributed by atoms with van der Waals surface area (Å²) >= 11 is 4.88. The lowest BCUT2D eigenvalue weighted by Gasteiger charge is -2.04. The molecule has 1 N–H and O–H groups in total. The van der Waals surface area contributed by atoms with E-state index in [0.717, 1.165) is 11.3 Å². The second-order valence-corrected chi connectivity index (χ2v) is 8.12. The standard InChI is InChI=1S/C18H16FNOS3/c19-14-1-3-15(4-2-14)23-12-18(21)20-9-7-16-5-6-17(24-16)13-8-10-22-11-13/h1-6,8,10-11H,7,9,12H2,(H,20,21). The van der Waals surface area contributed by atoms with Crippen LogP contribution in [-0.2, 0) is 11.2 Å². The molecule has 3 rings (SSSR count). The van der Waals surface area contributed by atoms with Crippen molar-refractivity contribution in [3.8, 4) is 10.4 Å². The number of hydrogen-bond acceptors (Lipinski definition) is 4. The molecule has 0 saturated heterocycles. The van der Waals surface area contributed by atoms with Crippen LogP contribution >= 0.6 is 34.4 Å². The molecule has 0 atom stereocenters. The van der Waals surface area contributed by atoms with Crippen molar-refractivity contribution in [3.63, 3.8) is 0 Å². The number of thiophene rings is 2. The number of nitrogens with one attached hydrogen (secondary N) is 1. The summed E-state index contributed by atoms with van der Waals surface area (Å²) in [5, 5.41) is 7.15. The number of carbonyl (C=O) groups is 1. The molecular weight excluding hydrogens is 361 g/mol. The summed E-state index contributed by atoms with van der Waals surface area (Å²) in [5.41, 5.74) is 1.26. The topological polar surface area (TPSA) is 29.1 Å². The Labute approximate surface area is 152 Å². The summed E-state index contributed by atoms with van der Waals surface area (Å²) in [5.74, 6) is 0.0801. The van der Waals surface area contributed by atoms with Gasteiger partial charge in [0.1, 0.15) is 5.82 Å². The van der Waals surface area contributed by atoms with Crippen molar-refractivity contribution in [1.29, 1.82) is 0 Å². The number of rotatable bonds is 7. The van der Waals surface area contributed by atoms with Gasteiger partial charge in [0, 0.05) is 26.8 Å². The second kappa shape index (κ2) is 8.46. The fourth-order valence-corrected chi connectivity index (χ4v) is 4.59. The predicted molar refractivity (Wildman–Crippen MR) is 101 cm³/mol. The first-order valence-corrected chi connectivity index (χ1v) is 10.2. The van der Waals surface area contributed by atoms with Crippen molar-refractivity contribution in [2.75, 3.05) is 12.3 Å². The molecule has 0 aliphatic heterocycles. The maximum Gasteiger partial charge on any atom is 0.230 e. The molecule has 6 heteroatoms. The lowest BCUT2D eigenvalue weighted by Crippen LogP contribution is -2.27. The molecule has 0 saturated carbocycles. The van der Waals surface area contributed by atoms with Gasteiger partial charge in [-0.1, -0.05) is 0 Å². The zero-order valence-corrected chi connectivity index (χ0v) is 15.3. The van der Waals surface area contributed by atoms with Gasteiger partial charge >= 0.3 is 0 Å². The average molecular weight is 378 g/mol. The van der Waals surface area contributed by atoms with E-state index in [4.69, 9.17) is 0 Å². The summed E-state index contributed by atoms with van der Waals surface area (Å²) < 4.78 is 12.8. The number of thioether (sulfide) groups is 1. The van der Waals surface area contributed by atoms with Crippen molar-refractivity contribution in [2.24, 2.45) is 0 Å². The maximum absolute atomic E-state index is 12.8. The Morgan fingerprint density at radius 3 is 2.71 bits per heavy atom. The summed E-state index contributed by atoms with van der Waals surface area (Å²) in [4.78, 5) is 15.3. The molecule has 2 nitrogen and oxygen atoms in total. The highest BCUT2D eigenvalue weighted by Gasteiger charge is 2.05. The first-order valence-electron chi connectivity index (χ1n) is 7.47. The molecule has 0 radical (unpaired) electrons. The highest BCUT2D eigenvalue weighted by Crippen LogP contribution is 2.29. The van der Waals surface area contributed by atoms with Crippen molar-refractivity contribution < 1.29 is 9.18 Å². The van der Waals surface area contributed by atoms with E-state index in [1.54, 1.807) is 34.8 Å². The molecule has 0 bridgehead atoms. The molecule has 0 aliphatic carbocycles. The Hall–Kier alpha value is -1.63. The normalized spacial score (nSPS) is 10.7. The molecule has 0 fully saturated rings.